The third-order valence-electron chi connectivity index (χ3n) is 8.41. The SMILES string of the molecule is O=c1oc(-c2nc3ccc(Cc4ccc(Cc5ccc6nc(-c7nc8ccccc8c(=O)o7)[nH]c6c5)cc4)cc3[nH]2)nc2ccccc12. The average Bonchev–Trinajstić information content (AvgIpc) is 3.73. The Morgan fingerprint density at radius 3 is 1.33 bits per heavy atom. The predicted molar refractivity (Wildman–Crippen MR) is 183 cm³/mol. The highest BCUT2D eigenvalue weighted by Gasteiger charge is 2.15. The molecule has 0 aliphatic rings. The first-order valence-corrected chi connectivity index (χ1v) is 15.4. The lowest BCUT2D eigenvalue weighted by atomic mass is 10.00. The Labute approximate surface area is 270 Å². The summed E-state index contributed by atoms with van der Waals surface area (Å²) in [5.41, 5.74) is 8.05. The molecule has 0 unspecified atom stereocenters. The molecule has 5 aromatic carbocycles. The number of H-pyrrole nitrogens is 2. The van der Waals surface area contributed by atoms with E-state index >= 15 is 0 Å². The van der Waals surface area contributed by atoms with Crippen molar-refractivity contribution in [2.45, 2.75) is 12.8 Å². The molecule has 4 aromatic heterocycles. The van der Waals surface area contributed by atoms with E-state index in [9.17, 15) is 9.59 Å². The summed E-state index contributed by atoms with van der Waals surface area (Å²) < 4.78 is 10.9. The fraction of sp³-hybridized carbons (Fsp3) is 0.0526. The molecule has 0 saturated carbocycles. The van der Waals surface area contributed by atoms with Crippen molar-refractivity contribution in [1.82, 2.24) is 29.9 Å². The topological polar surface area (TPSA) is 144 Å². The van der Waals surface area contributed by atoms with E-state index in [1.165, 1.54) is 11.1 Å². The van der Waals surface area contributed by atoms with Crippen molar-refractivity contribution in [3.8, 4) is 23.4 Å². The smallest absolute Gasteiger partial charge is 0.347 e. The molecule has 0 fully saturated rings. The van der Waals surface area contributed by atoms with Crippen LogP contribution in [-0.2, 0) is 12.8 Å². The van der Waals surface area contributed by atoms with Gasteiger partial charge in [-0.25, -0.2) is 29.5 Å². The third kappa shape index (κ3) is 5.01. The van der Waals surface area contributed by atoms with Crippen LogP contribution in [0.5, 0.6) is 0 Å². The first-order valence-electron chi connectivity index (χ1n) is 15.4. The molecule has 230 valence electrons. The Kier molecular flexibility index (Phi) is 6.32. The van der Waals surface area contributed by atoms with Crippen molar-refractivity contribution in [1.29, 1.82) is 0 Å². The van der Waals surface area contributed by atoms with E-state index in [1.807, 2.05) is 24.3 Å². The molecule has 9 rings (SSSR count). The first kappa shape index (κ1) is 27.6. The molecule has 9 aromatic rings. The second kappa shape index (κ2) is 11.0. The van der Waals surface area contributed by atoms with Gasteiger partial charge in [-0.15, -0.1) is 0 Å². The maximum Gasteiger partial charge on any atom is 0.347 e. The summed E-state index contributed by atoms with van der Waals surface area (Å²) in [4.78, 5) is 49.6. The minimum Gasteiger partial charge on any atom is -0.400 e. The van der Waals surface area contributed by atoms with Crippen molar-refractivity contribution >= 4 is 43.9 Å². The fourth-order valence-electron chi connectivity index (χ4n) is 6.02. The summed E-state index contributed by atoms with van der Waals surface area (Å²) in [5, 5.41) is 0.872. The zero-order chi connectivity index (χ0) is 32.2. The second-order valence-electron chi connectivity index (χ2n) is 11.7. The van der Waals surface area contributed by atoms with E-state index in [1.54, 1.807) is 36.4 Å². The number of aromatic nitrogens is 6. The molecule has 0 amide bonds. The van der Waals surface area contributed by atoms with E-state index in [-0.39, 0.29) is 11.8 Å². The second-order valence-corrected chi connectivity index (χ2v) is 11.7. The van der Waals surface area contributed by atoms with Gasteiger partial charge in [-0.1, -0.05) is 60.7 Å². The summed E-state index contributed by atoms with van der Waals surface area (Å²) in [6.07, 6.45) is 1.49. The van der Waals surface area contributed by atoms with Gasteiger partial charge in [0.25, 0.3) is 11.8 Å². The predicted octanol–water partition coefficient (Wildman–Crippen LogP) is 6.96. The van der Waals surface area contributed by atoms with Gasteiger partial charge >= 0.3 is 11.3 Å². The zero-order valence-electron chi connectivity index (χ0n) is 25.2. The van der Waals surface area contributed by atoms with Gasteiger partial charge in [0.15, 0.2) is 11.6 Å². The van der Waals surface area contributed by atoms with Crippen molar-refractivity contribution in [3.05, 3.63) is 152 Å². The van der Waals surface area contributed by atoms with E-state index in [2.05, 4.69) is 78.4 Å². The average molecular weight is 629 g/mol. The highest BCUT2D eigenvalue weighted by atomic mass is 16.4. The van der Waals surface area contributed by atoms with Crippen LogP contribution in [0.1, 0.15) is 22.3 Å². The Bertz CT molecular complexity index is 2600. The molecule has 0 spiro atoms. The van der Waals surface area contributed by atoms with Gasteiger partial charge in [-0.3, -0.25) is 0 Å². The van der Waals surface area contributed by atoms with E-state index in [0.29, 0.717) is 33.5 Å². The summed E-state index contributed by atoms with van der Waals surface area (Å²) in [7, 11) is 0. The number of fused-ring (bicyclic) bond motifs is 4. The van der Waals surface area contributed by atoms with Crippen LogP contribution >= 0.6 is 0 Å². The highest BCUT2D eigenvalue weighted by Crippen LogP contribution is 2.24. The van der Waals surface area contributed by atoms with Gasteiger partial charge in [0.05, 0.1) is 43.9 Å². The summed E-state index contributed by atoms with van der Waals surface area (Å²) in [6, 6.07) is 34.9. The zero-order valence-corrected chi connectivity index (χ0v) is 25.2. The lowest BCUT2D eigenvalue weighted by Crippen LogP contribution is -2.03. The molecule has 0 atom stereocenters. The normalized spacial score (nSPS) is 11.7. The number of para-hydroxylation sites is 2. The monoisotopic (exact) mass is 628 g/mol. The molecule has 0 radical (unpaired) electrons. The maximum atomic E-state index is 12.5. The van der Waals surface area contributed by atoms with Crippen LogP contribution in [0.25, 0.3) is 67.3 Å². The Morgan fingerprint density at radius 2 is 0.875 bits per heavy atom. The standard InChI is InChI=1S/C38H24N6O4/c45-37-25-5-1-3-7-27(25)43-35(47-37)33-39-29-15-13-23(19-31(29)41-33)17-21-9-11-22(12-10-21)18-24-14-16-30-32(20-24)42-34(40-30)36-44-28-8-4-2-6-26(28)38(46)48-36/h1-16,19-20H,17-18H2,(H,39,41)(H,40,42). The number of hydrogen-bond donors (Lipinski definition) is 2. The molecule has 0 aliphatic heterocycles. The lowest BCUT2D eigenvalue weighted by molar-refractivity contribution is 0.514. The first-order chi connectivity index (χ1) is 23.5. The number of aromatic amines is 2. The Morgan fingerprint density at radius 1 is 0.458 bits per heavy atom. The van der Waals surface area contributed by atoms with Crippen LogP contribution in [0.4, 0.5) is 0 Å². The van der Waals surface area contributed by atoms with Gasteiger partial charge in [0.1, 0.15) is 0 Å². The summed E-state index contributed by atoms with van der Waals surface area (Å²) in [5.74, 6) is 1.15. The Hall–Kier alpha value is -6.68. The molecular weight excluding hydrogens is 604 g/mol. The summed E-state index contributed by atoms with van der Waals surface area (Å²) in [6.45, 7) is 0. The molecule has 10 nitrogen and oxygen atoms in total. The number of rotatable bonds is 6. The molecule has 0 aliphatic carbocycles. The molecule has 0 bridgehead atoms. The third-order valence-corrected chi connectivity index (χ3v) is 8.41. The number of benzene rings is 5. The van der Waals surface area contributed by atoms with Gasteiger partial charge in [0.2, 0.25) is 0 Å². The maximum absolute atomic E-state index is 12.5. The number of nitrogens with one attached hydrogen (secondary N) is 2. The molecule has 2 N–H and O–H groups in total. The van der Waals surface area contributed by atoms with Gasteiger partial charge < -0.3 is 18.8 Å². The highest BCUT2D eigenvalue weighted by molar-refractivity contribution is 5.82. The van der Waals surface area contributed by atoms with Gasteiger partial charge in [-0.05, 0) is 83.6 Å². The van der Waals surface area contributed by atoms with Crippen LogP contribution in [-0.4, -0.2) is 29.9 Å². The van der Waals surface area contributed by atoms with E-state index < -0.39 is 11.3 Å². The number of imidazole rings is 2. The molecule has 10 heteroatoms. The molecule has 4 heterocycles. The van der Waals surface area contributed by atoms with Crippen LogP contribution in [0.2, 0.25) is 0 Å². The van der Waals surface area contributed by atoms with Crippen molar-refractivity contribution in [2.75, 3.05) is 0 Å². The van der Waals surface area contributed by atoms with Crippen LogP contribution in [0.3, 0.4) is 0 Å². The Balaban J connectivity index is 0.914. The van der Waals surface area contributed by atoms with E-state index in [0.717, 1.165) is 46.0 Å². The van der Waals surface area contributed by atoms with Crippen LogP contribution < -0.4 is 11.3 Å². The lowest BCUT2D eigenvalue weighted by Gasteiger charge is -2.06. The van der Waals surface area contributed by atoms with Gasteiger partial charge in [-0.2, -0.15) is 0 Å². The quantitative estimate of drug-likeness (QED) is 0.201. The minimum absolute atomic E-state index is 0.162. The minimum atomic E-state index is -0.443. The van der Waals surface area contributed by atoms with Crippen molar-refractivity contribution in [3.63, 3.8) is 0 Å². The molecular formula is C38H24N6O4. The number of hydrogen-bond acceptors (Lipinski definition) is 8. The summed E-state index contributed by atoms with van der Waals surface area (Å²) >= 11 is 0. The molecule has 48 heavy (non-hydrogen) atoms. The van der Waals surface area contributed by atoms with Crippen molar-refractivity contribution in [2.24, 2.45) is 0 Å². The molecule has 0 saturated heterocycles. The van der Waals surface area contributed by atoms with Crippen molar-refractivity contribution < 1.29 is 8.83 Å². The largest absolute Gasteiger partial charge is 0.400 e. The van der Waals surface area contributed by atoms with Crippen LogP contribution in [0.15, 0.2) is 128 Å². The van der Waals surface area contributed by atoms with Gasteiger partial charge in [0, 0.05) is 0 Å². The fourth-order valence-corrected chi connectivity index (χ4v) is 6.02. The van der Waals surface area contributed by atoms with E-state index in [4.69, 9.17) is 8.83 Å². The van der Waals surface area contributed by atoms with Crippen LogP contribution in [0, 0.1) is 0 Å². The number of nitrogens with zero attached hydrogens (tertiary/aromatic N) is 4.